The maximum Gasteiger partial charge on any atom is 0.254 e. The number of ether oxygens (including phenoxy) is 1. The van der Waals surface area contributed by atoms with Crippen LogP contribution >= 0.6 is 0 Å². The molecule has 0 bridgehead atoms. The Morgan fingerprint density at radius 1 is 1.25 bits per heavy atom. The number of hydrogen-bond acceptors (Lipinski definition) is 6. The van der Waals surface area contributed by atoms with Crippen LogP contribution in [0.2, 0.25) is 0 Å². The van der Waals surface area contributed by atoms with E-state index < -0.39 is 0 Å². The number of nitrogens with zero attached hydrogens (tertiary/aromatic N) is 4. The molecule has 2 N–H and O–H groups in total. The summed E-state index contributed by atoms with van der Waals surface area (Å²) in [5.41, 5.74) is 2.30. The number of rotatable bonds is 8. The molecular weight excluding hydrogens is 404 g/mol. The van der Waals surface area contributed by atoms with Crippen molar-refractivity contribution < 1.29 is 9.53 Å². The normalized spacial score (nSPS) is 16.3. The summed E-state index contributed by atoms with van der Waals surface area (Å²) in [7, 11) is 4.02. The van der Waals surface area contributed by atoms with E-state index in [0.29, 0.717) is 12.2 Å². The zero-order chi connectivity index (χ0) is 22.7. The summed E-state index contributed by atoms with van der Waals surface area (Å²) < 4.78 is 5.74. The van der Waals surface area contributed by atoms with Crippen molar-refractivity contribution >= 4 is 22.8 Å². The molecular formula is C24H32N6O2. The predicted octanol–water partition coefficient (Wildman–Crippen LogP) is 3.70. The SMILES string of the molecule is CC(C)Nc1n[nH]c2nc([C@H]3CCCN3C(=O)c3ccc(OCCN(C)C)cc3)ccc12. The van der Waals surface area contributed by atoms with Gasteiger partial charge in [-0.25, -0.2) is 4.98 Å². The van der Waals surface area contributed by atoms with Gasteiger partial charge >= 0.3 is 0 Å². The highest BCUT2D eigenvalue weighted by molar-refractivity contribution is 5.95. The average Bonchev–Trinajstić information content (AvgIpc) is 3.40. The Hall–Kier alpha value is -3.13. The highest BCUT2D eigenvalue weighted by atomic mass is 16.5. The van der Waals surface area contributed by atoms with Crippen LogP contribution in [0.3, 0.4) is 0 Å². The quantitative estimate of drug-likeness (QED) is 0.560. The molecule has 0 spiro atoms. The summed E-state index contributed by atoms with van der Waals surface area (Å²) >= 11 is 0. The largest absolute Gasteiger partial charge is 0.492 e. The second kappa shape index (κ2) is 9.56. The number of pyridine rings is 1. The third-order valence-corrected chi connectivity index (χ3v) is 5.63. The molecule has 3 aromatic rings. The number of likely N-dealkylation sites (tertiary alicyclic amines) is 1. The molecule has 0 unspecified atom stereocenters. The number of hydrogen-bond donors (Lipinski definition) is 2. The van der Waals surface area contributed by atoms with Gasteiger partial charge in [0.05, 0.1) is 17.1 Å². The van der Waals surface area contributed by atoms with Crippen LogP contribution in [0.4, 0.5) is 5.82 Å². The topological polar surface area (TPSA) is 86.4 Å². The Morgan fingerprint density at radius 2 is 2.03 bits per heavy atom. The number of anilines is 1. The monoisotopic (exact) mass is 436 g/mol. The van der Waals surface area contributed by atoms with Gasteiger partial charge in [0.25, 0.3) is 5.91 Å². The first-order chi connectivity index (χ1) is 15.4. The molecule has 170 valence electrons. The number of aromatic amines is 1. The number of likely N-dealkylation sites (N-methyl/N-ethyl adjacent to an activating group) is 1. The fourth-order valence-electron chi connectivity index (χ4n) is 4.01. The minimum absolute atomic E-state index is 0.0287. The molecule has 0 saturated carbocycles. The van der Waals surface area contributed by atoms with Crippen LogP contribution in [0, 0.1) is 0 Å². The van der Waals surface area contributed by atoms with Crippen molar-refractivity contribution in [3.63, 3.8) is 0 Å². The first-order valence-corrected chi connectivity index (χ1v) is 11.2. The van der Waals surface area contributed by atoms with Crippen LogP contribution in [0.25, 0.3) is 11.0 Å². The first-order valence-electron chi connectivity index (χ1n) is 11.2. The maximum atomic E-state index is 13.3. The number of aromatic nitrogens is 3. The number of amides is 1. The third kappa shape index (κ3) is 4.85. The van der Waals surface area contributed by atoms with Crippen molar-refractivity contribution in [3.05, 3.63) is 47.7 Å². The molecule has 0 aliphatic carbocycles. The fourth-order valence-corrected chi connectivity index (χ4v) is 4.01. The molecule has 1 atom stereocenters. The Bertz CT molecular complexity index is 1060. The smallest absolute Gasteiger partial charge is 0.254 e. The summed E-state index contributed by atoms with van der Waals surface area (Å²) in [6.45, 7) is 6.34. The Morgan fingerprint density at radius 3 is 2.75 bits per heavy atom. The van der Waals surface area contributed by atoms with Crippen molar-refractivity contribution in [1.29, 1.82) is 0 Å². The lowest BCUT2D eigenvalue weighted by Crippen LogP contribution is -2.31. The van der Waals surface area contributed by atoms with Gasteiger partial charge in [0.1, 0.15) is 12.4 Å². The number of benzene rings is 1. The average molecular weight is 437 g/mol. The highest BCUT2D eigenvalue weighted by Gasteiger charge is 2.32. The van der Waals surface area contributed by atoms with Crippen molar-refractivity contribution in [2.45, 2.75) is 38.8 Å². The van der Waals surface area contributed by atoms with Gasteiger partial charge in [-0.05, 0) is 77.2 Å². The Labute approximate surface area is 189 Å². The van der Waals surface area contributed by atoms with Crippen molar-refractivity contribution in [2.24, 2.45) is 0 Å². The molecule has 1 saturated heterocycles. The van der Waals surface area contributed by atoms with Crippen molar-refractivity contribution in [1.82, 2.24) is 25.0 Å². The van der Waals surface area contributed by atoms with Crippen LogP contribution in [-0.2, 0) is 0 Å². The number of H-pyrrole nitrogens is 1. The Kier molecular flexibility index (Phi) is 6.60. The molecule has 32 heavy (non-hydrogen) atoms. The molecule has 8 nitrogen and oxygen atoms in total. The van der Waals surface area contributed by atoms with E-state index in [9.17, 15) is 4.79 Å². The molecule has 1 amide bonds. The van der Waals surface area contributed by atoms with E-state index in [1.165, 1.54) is 0 Å². The van der Waals surface area contributed by atoms with Gasteiger partial charge in [-0.3, -0.25) is 9.89 Å². The van der Waals surface area contributed by atoms with E-state index in [1.807, 2.05) is 55.4 Å². The summed E-state index contributed by atoms with van der Waals surface area (Å²) in [4.78, 5) is 22.1. The van der Waals surface area contributed by atoms with E-state index in [4.69, 9.17) is 9.72 Å². The molecule has 4 rings (SSSR count). The van der Waals surface area contributed by atoms with Gasteiger partial charge in [0.15, 0.2) is 11.5 Å². The minimum atomic E-state index is -0.0345. The molecule has 1 aliphatic rings. The first kappa shape index (κ1) is 22.1. The minimum Gasteiger partial charge on any atom is -0.492 e. The van der Waals surface area contributed by atoms with Crippen LogP contribution in [0.5, 0.6) is 5.75 Å². The van der Waals surface area contributed by atoms with Crippen LogP contribution in [0.15, 0.2) is 36.4 Å². The van der Waals surface area contributed by atoms with E-state index in [0.717, 1.165) is 54.2 Å². The van der Waals surface area contributed by atoms with E-state index in [2.05, 4.69) is 34.3 Å². The van der Waals surface area contributed by atoms with Gasteiger partial charge in [-0.2, -0.15) is 5.10 Å². The Balaban J connectivity index is 1.47. The number of carbonyl (C=O) groups excluding carboxylic acids is 1. The predicted molar refractivity (Wildman–Crippen MR) is 126 cm³/mol. The molecule has 1 aromatic carbocycles. The van der Waals surface area contributed by atoms with Crippen molar-refractivity contribution in [2.75, 3.05) is 39.1 Å². The van der Waals surface area contributed by atoms with E-state index >= 15 is 0 Å². The summed E-state index contributed by atoms with van der Waals surface area (Å²) in [5, 5.41) is 11.7. The van der Waals surface area contributed by atoms with E-state index in [1.54, 1.807) is 0 Å². The van der Waals surface area contributed by atoms with Crippen LogP contribution in [-0.4, -0.2) is 70.7 Å². The van der Waals surface area contributed by atoms with Crippen molar-refractivity contribution in [3.8, 4) is 5.75 Å². The standard InChI is InChI=1S/C24H32N6O2/c1-16(2)25-22-19-11-12-20(26-23(19)28-27-22)21-6-5-13-30(21)24(31)17-7-9-18(10-8-17)32-15-14-29(3)4/h7-12,16,21H,5-6,13-15H2,1-4H3,(H2,25,26,27,28)/t21-/m1/s1. The van der Waals surface area contributed by atoms with E-state index in [-0.39, 0.29) is 18.0 Å². The van der Waals surface area contributed by atoms with Gasteiger partial charge in [-0.1, -0.05) is 0 Å². The zero-order valence-corrected chi connectivity index (χ0v) is 19.3. The number of nitrogens with one attached hydrogen (secondary N) is 2. The van der Waals surface area contributed by atoms with Crippen LogP contribution < -0.4 is 10.1 Å². The summed E-state index contributed by atoms with van der Waals surface area (Å²) in [6.07, 6.45) is 1.87. The molecule has 1 fully saturated rings. The third-order valence-electron chi connectivity index (χ3n) is 5.63. The summed E-state index contributed by atoms with van der Waals surface area (Å²) in [5.74, 6) is 1.61. The van der Waals surface area contributed by atoms with Gasteiger partial charge in [0.2, 0.25) is 0 Å². The molecule has 1 aliphatic heterocycles. The van der Waals surface area contributed by atoms with Gasteiger partial charge < -0.3 is 19.9 Å². The number of carbonyl (C=O) groups is 1. The fraction of sp³-hybridized carbons (Fsp3) is 0.458. The highest BCUT2D eigenvalue weighted by Crippen LogP contribution is 2.33. The molecule has 2 aromatic heterocycles. The molecule has 3 heterocycles. The second-order valence-corrected chi connectivity index (χ2v) is 8.84. The second-order valence-electron chi connectivity index (χ2n) is 8.84. The lowest BCUT2D eigenvalue weighted by molar-refractivity contribution is 0.0733. The summed E-state index contributed by atoms with van der Waals surface area (Å²) in [6, 6.07) is 11.7. The van der Waals surface area contributed by atoms with Gasteiger partial charge in [-0.15, -0.1) is 0 Å². The molecule has 0 radical (unpaired) electrons. The van der Waals surface area contributed by atoms with Gasteiger partial charge in [0, 0.05) is 24.7 Å². The molecule has 8 heteroatoms. The maximum absolute atomic E-state index is 13.3. The van der Waals surface area contributed by atoms with Crippen LogP contribution in [0.1, 0.15) is 48.8 Å². The number of fused-ring (bicyclic) bond motifs is 1. The lowest BCUT2D eigenvalue weighted by Gasteiger charge is -2.24. The lowest BCUT2D eigenvalue weighted by atomic mass is 10.1. The zero-order valence-electron chi connectivity index (χ0n) is 19.3.